The third kappa shape index (κ3) is 42.0. The highest BCUT2D eigenvalue weighted by Crippen LogP contribution is 2.21. The number of allylic oxidation sites excluding steroid dienone is 10. The van der Waals surface area contributed by atoms with Crippen LogP contribution in [0, 0.1) is 5.92 Å². The predicted octanol–water partition coefficient (Wildman–Crippen LogP) is 15.7. The molecule has 0 aromatic rings. The molecule has 0 amide bonds. The first-order chi connectivity index (χ1) is 30.9. The molecule has 0 aliphatic carbocycles. The largest absolute Gasteiger partial charge is 0.394 e. The predicted molar refractivity (Wildman–Crippen MR) is 270 cm³/mol. The minimum Gasteiger partial charge on any atom is -0.394 e. The zero-order valence-electron chi connectivity index (χ0n) is 41.1. The maximum atomic E-state index is 13.4. The van der Waals surface area contributed by atoms with Gasteiger partial charge in [0.05, 0.1) is 12.5 Å². The highest BCUT2D eigenvalue weighted by Gasteiger charge is 2.25. The zero-order chi connectivity index (χ0) is 46.1. The molecule has 2 atom stereocenters. The van der Waals surface area contributed by atoms with Crippen molar-refractivity contribution in [1.82, 2.24) is 0 Å². The monoisotopic (exact) mass is 881 g/mol. The van der Waals surface area contributed by atoms with Crippen LogP contribution in [0.2, 0.25) is 0 Å². The van der Waals surface area contributed by atoms with Gasteiger partial charge in [-0.15, -0.1) is 0 Å². The fourth-order valence-corrected chi connectivity index (χ4v) is 8.00. The summed E-state index contributed by atoms with van der Waals surface area (Å²) in [6, 6.07) is 0. The fraction of sp³-hybridized carbons (Fsp3) is 0.772. The summed E-state index contributed by atoms with van der Waals surface area (Å²) >= 11 is 0. The molecule has 0 aliphatic heterocycles. The zero-order valence-corrected chi connectivity index (χ0v) is 41.1. The molecule has 0 rings (SSSR count). The first-order valence-corrected chi connectivity index (χ1v) is 26.7. The number of ketones is 3. The van der Waals surface area contributed by atoms with Crippen LogP contribution in [0.1, 0.15) is 258 Å². The Bertz CT molecular complexity index is 1120. The van der Waals surface area contributed by atoms with Crippen molar-refractivity contribution in [3.8, 4) is 0 Å². The van der Waals surface area contributed by atoms with Gasteiger partial charge in [-0.3, -0.25) is 14.4 Å². The summed E-state index contributed by atoms with van der Waals surface area (Å²) < 4.78 is 0. The number of carbonyl (C=O) groups is 3. The fourth-order valence-electron chi connectivity index (χ4n) is 8.00. The van der Waals surface area contributed by atoms with Gasteiger partial charge in [-0.2, -0.15) is 0 Å². The van der Waals surface area contributed by atoms with E-state index in [4.69, 9.17) is 5.11 Å². The Morgan fingerprint density at radius 2 is 0.651 bits per heavy atom. The minimum atomic E-state index is -1.48. The van der Waals surface area contributed by atoms with Crippen molar-refractivity contribution in [2.45, 2.75) is 270 Å². The van der Waals surface area contributed by atoms with Crippen LogP contribution in [0.4, 0.5) is 0 Å². The molecule has 0 bridgehead atoms. The van der Waals surface area contributed by atoms with Gasteiger partial charge in [0.25, 0.3) is 0 Å². The van der Waals surface area contributed by atoms with E-state index in [0.717, 1.165) is 128 Å². The highest BCUT2D eigenvalue weighted by atomic mass is 16.4. The van der Waals surface area contributed by atoms with Crippen LogP contribution in [-0.2, 0) is 14.4 Å². The molecular weight excluding hydrogens is 781 g/mol. The van der Waals surface area contributed by atoms with Gasteiger partial charge in [0.1, 0.15) is 23.8 Å². The SMILES string of the molecule is CCCCC/C=C\C/C=C\CCCCCCCC(=O)C(CCCCCCC/C=C\CCCCCCCC(=O)C(O)C(O)CO)C(=O)CCCCCCC/C=C\C/C=C\CCCCC. The Hall–Kier alpha value is -2.41. The summed E-state index contributed by atoms with van der Waals surface area (Å²) in [5.74, 6) is -0.400. The number of aliphatic hydroxyl groups is 3. The quantitative estimate of drug-likeness (QED) is 0.0319. The normalized spacial score (nSPS) is 13.3. The summed E-state index contributed by atoms with van der Waals surface area (Å²) in [5, 5.41) is 27.9. The number of carbonyl (C=O) groups excluding carboxylic acids is 3. The minimum absolute atomic E-state index is 0.198. The maximum absolute atomic E-state index is 13.4. The lowest BCUT2D eigenvalue weighted by Gasteiger charge is -2.15. The molecule has 63 heavy (non-hydrogen) atoms. The van der Waals surface area contributed by atoms with Crippen LogP contribution in [0.25, 0.3) is 0 Å². The number of aliphatic hydroxyl groups excluding tert-OH is 3. The molecule has 0 spiro atoms. The van der Waals surface area contributed by atoms with Crippen LogP contribution >= 0.6 is 0 Å². The molecule has 0 saturated carbocycles. The van der Waals surface area contributed by atoms with Crippen molar-refractivity contribution in [2.24, 2.45) is 5.92 Å². The second-order valence-electron chi connectivity index (χ2n) is 18.2. The second kappa shape index (κ2) is 49.0. The van der Waals surface area contributed by atoms with E-state index in [1.807, 2.05) is 0 Å². The molecule has 6 nitrogen and oxygen atoms in total. The Morgan fingerprint density at radius 3 is 1.00 bits per heavy atom. The molecule has 0 radical (unpaired) electrons. The van der Waals surface area contributed by atoms with Gasteiger partial charge in [-0.1, -0.05) is 184 Å². The lowest BCUT2D eigenvalue weighted by Crippen LogP contribution is -2.36. The van der Waals surface area contributed by atoms with Crippen LogP contribution < -0.4 is 0 Å². The second-order valence-corrected chi connectivity index (χ2v) is 18.2. The average Bonchev–Trinajstić information content (AvgIpc) is 3.29. The van der Waals surface area contributed by atoms with E-state index < -0.39 is 30.5 Å². The number of Topliss-reactive ketones (excluding diaryl/α,β-unsaturated/α-hetero) is 3. The Balaban J connectivity index is 4.40. The van der Waals surface area contributed by atoms with E-state index in [-0.39, 0.29) is 18.0 Å². The first kappa shape index (κ1) is 60.6. The van der Waals surface area contributed by atoms with E-state index in [1.165, 1.54) is 89.9 Å². The summed E-state index contributed by atoms with van der Waals surface area (Å²) in [6.45, 7) is 3.88. The van der Waals surface area contributed by atoms with Crippen molar-refractivity contribution < 1.29 is 29.7 Å². The lowest BCUT2D eigenvalue weighted by atomic mass is 9.87. The van der Waals surface area contributed by atoms with Crippen molar-refractivity contribution >= 4 is 17.3 Å². The van der Waals surface area contributed by atoms with Gasteiger partial charge in [-0.25, -0.2) is 0 Å². The Morgan fingerprint density at radius 1 is 0.365 bits per heavy atom. The Kier molecular flexibility index (Phi) is 47.2. The summed E-state index contributed by atoms with van der Waals surface area (Å²) in [7, 11) is 0. The van der Waals surface area contributed by atoms with Crippen molar-refractivity contribution in [2.75, 3.05) is 6.61 Å². The number of rotatable bonds is 49. The van der Waals surface area contributed by atoms with Crippen LogP contribution in [-0.4, -0.2) is 51.5 Å². The van der Waals surface area contributed by atoms with Gasteiger partial charge in [0, 0.05) is 19.3 Å². The summed E-state index contributed by atoms with van der Waals surface area (Å²) in [5.41, 5.74) is 0. The molecular formula is C57H100O6. The Labute approximate surface area is 389 Å². The molecule has 3 N–H and O–H groups in total. The van der Waals surface area contributed by atoms with Gasteiger partial charge in [0.15, 0.2) is 5.78 Å². The molecule has 0 heterocycles. The van der Waals surface area contributed by atoms with Gasteiger partial charge >= 0.3 is 0 Å². The van der Waals surface area contributed by atoms with Crippen molar-refractivity contribution in [1.29, 1.82) is 0 Å². The van der Waals surface area contributed by atoms with Crippen LogP contribution in [0.15, 0.2) is 60.8 Å². The smallest absolute Gasteiger partial charge is 0.164 e. The van der Waals surface area contributed by atoms with Crippen molar-refractivity contribution in [3.05, 3.63) is 60.8 Å². The van der Waals surface area contributed by atoms with Crippen LogP contribution in [0.3, 0.4) is 0 Å². The van der Waals surface area contributed by atoms with Crippen molar-refractivity contribution in [3.63, 3.8) is 0 Å². The summed E-state index contributed by atoms with van der Waals surface area (Å²) in [4.78, 5) is 38.7. The molecule has 6 heteroatoms. The van der Waals surface area contributed by atoms with Crippen LogP contribution in [0.5, 0.6) is 0 Å². The molecule has 364 valence electrons. The molecule has 0 fully saturated rings. The van der Waals surface area contributed by atoms with E-state index in [2.05, 4.69) is 74.6 Å². The molecule has 0 saturated heterocycles. The lowest BCUT2D eigenvalue weighted by molar-refractivity contribution is -0.135. The van der Waals surface area contributed by atoms with E-state index in [0.29, 0.717) is 19.3 Å². The van der Waals surface area contributed by atoms with E-state index in [9.17, 15) is 24.6 Å². The van der Waals surface area contributed by atoms with Gasteiger partial charge in [-0.05, 0) is 116 Å². The number of hydrogen-bond acceptors (Lipinski definition) is 6. The maximum Gasteiger partial charge on any atom is 0.164 e. The molecule has 0 aromatic carbocycles. The molecule has 0 aliphatic rings. The topological polar surface area (TPSA) is 112 Å². The number of hydrogen-bond donors (Lipinski definition) is 3. The standard InChI is InChI=1S/C57H100O6/c1-3-5-7-9-11-13-15-17-19-24-28-32-36-40-44-48-53(59)52(54(60)49-45-41-37-33-29-25-20-18-16-14-12-10-8-6-4-2)47-43-39-35-31-27-23-21-22-26-30-34-38-42-46-50-55(61)57(63)56(62)51-58/h11-14,17-22,52,56-58,62-63H,3-10,15-16,23-51H2,1-2H3/b13-11-,14-12-,19-17-,20-18-,22-21-. The molecule has 2 unspecified atom stereocenters. The van der Waals surface area contributed by atoms with Gasteiger partial charge in [0.2, 0.25) is 0 Å². The average molecular weight is 881 g/mol. The third-order valence-corrected chi connectivity index (χ3v) is 12.2. The first-order valence-electron chi connectivity index (χ1n) is 26.7. The molecule has 0 aromatic heterocycles. The third-order valence-electron chi connectivity index (χ3n) is 12.2. The van der Waals surface area contributed by atoms with Gasteiger partial charge < -0.3 is 15.3 Å². The summed E-state index contributed by atoms with van der Waals surface area (Å²) in [6.07, 6.45) is 60.4. The van der Waals surface area contributed by atoms with E-state index in [1.54, 1.807) is 0 Å². The number of unbranched alkanes of at least 4 members (excludes halogenated alkanes) is 26. The highest BCUT2D eigenvalue weighted by molar-refractivity contribution is 6.02. The van der Waals surface area contributed by atoms with E-state index >= 15 is 0 Å².